The lowest BCUT2D eigenvalue weighted by molar-refractivity contribution is 0.102. The van der Waals surface area contributed by atoms with Crippen LogP contribution < -0.4 is 14.8 Å². The van der Waals surface area contributed by atoms with E-state index in [2.05, 4.69) is 19.7 Å². The van der Waals surface area contributed by atoms with Crippen LogP contribution in [0.15, 0.2) is 107 Å². The molecule has 0 aliphatic heterocycles. The molecule has 3 aromatic carbocycles. The average molecular weight is 523 g/mol. The Bertz CT molecular complexity index is 1570. The van der Waals surface area contributed by atoms with Gasteiger partial charge >= 0.3 is 0 Å². The molecule has 4 aromatic rings. The monoisotopic (exact) mass is 522 g/mol. The Morgan fingerprint density at radius 3 is 1.81 bits per heavy atom. The predicted molar refractivity (Wildman–Crippen MR) is 138 cm³/mol. The number of aromatic nitrogens is 1. The van der Waals surface area contributed by atoms with Crippen LogP contribution in [-0.4, -0.2) is 27.7 Å². The topological polar surface area (TPSA) is 134 Å². The smallest absolute Gasteiger partial charge is 0.263 e. The molecular weight excluding hydrogens is 500 g/mol. The lowest BCUT2D eigenvalue weighted by Gasteiger charge is -2.10. The van der Waals surface area contributed by atoms with Crippen molar-refractivity contribution >= 4 is 43.1 Å². The van der Waals surface area contributed by atoms with Gasteiger partial charge in [-0.2, -0.15) is 0 Å². The van der Waals surface area contributed by atoms with Crippen LogP contribution >= 0.6 is 0 Å². The molecule has 0 radical (unpaired) electrons. The van der Waals surface area contributed by atoms with E-state index in [9.17, 15) is 21.6 Å². The summed E-state index contributed by atoms with van der Waals surface area (Å²) in [4.78, 5) is 16.7. The number of hydrogen-bond acceptors (Lipinski definition) is 6. The van der Waals surface area contributed by atoms with E-state index in [1.165, 1.54) is 72.9 Å². The highest BCUT2D eigenvalue weighted by molar-refractivity contribution is 7.93. The first kappa shape index (κ1) is 24.9. The summed E-state index contributed by atoms with van der Waals surface area (Å²) in [6.45, 7) is 1.87. The summed E-state index contributed by atoms with van der Waals surface area (Å²) in [7, 11) is -7.59. The Hall–Kier alpha value is -4.22. The van der Waals surface area contributed by atoms with Crippen molar-refractivity contribution in [1.29, 1.82) is 0 Å². The number of hydrogen-bond donors (Lipinski definition) is 3. The van der Waals surface area contributed by atoms with Crippen molar-refractivity contribution in [3.8, 4) is 0 Å². The second-order valence-electron chi connectivity index (χ2n) is 7.79. The third-order valence-corrected chi connectivity index (χ3v) is 7.82. The highest BCUT2D eigenvalue weighted by Gasteiger charge is 2.16. The van der Waals surface area contributed by atoms with E-state index < -0.39 is 26.0 Å². The van der Waals surface area contributed by atoms with Crippen LogP contribution in [0.2, 0.25) is 0 Å². The summed E-state index contributed by atoms with van der Waals surface area (Å²) in [5, 5.41) is 2.68. The predicted octanol–water partition coefficient (Wildman–Crippen LogP) is 4.24. The number of benzene rings is 3. The summed E-state index contributed by atoms with van der Waals surface area (Å²) >= 11 is 0. The van der Waals surface area contributed by atoms with Crippen LogP contribution in [0.4, 0.5) is 17.2 Å². The number of pyridine rings is 1. The molecule has 0 spiro atoms. The van der Waals surface area contributed by atoms with Gasteiger partial charge in [-0.05, 0) is 79.7 Å². The number of carbonyl (C=O) groups excluding carboxylic acids is 1. The summed E-state index contributed by atoms with van der Waals surface area (Å²) in [6, 6.07) is 22.9. The maximum Gasteiger partial charge on any atom is 0.263 e. The first-order valence-corrected chi connectivity index (χ1v) is 13.6. The van der Waals surface area contributed by atoms with Gasteiger partial charge < -0.3 is 5.32 Å². The largest absolute Gasteiger partial charge is 0.322 e. The molecule has 1 aromatic heterocycles. The van der Waals surface area contributed by atoms with Gasteiger partial charge in [0, 0.05) is 23.1 Å². The van der Waals surface area contributed by atoms with Crippen molar-refractivity contribution in [1.82, 2.24) is 4.98 Å². The van der Waals surface area contributed by atoms with Gasteiger partial charge in [0.15, 0.2) is 0 Å². The van der Waals surface area contributed by atoms with E-state index in [0.717, 1.165) is 5.56 Å². The number of amides is 1. The van der Waals surface area contributed by atoms with Crippen LogP contribution in [0.1, 0.15) is 15.9 Å². The highest BCUT2D eigenvalue weighted by Crippen LogP contribution is 2.20. The van der Waals surface area contributed by atoms with E-state index in [0.29, 0.717) is 16.9 Å². The fraction of sp³-hybridized carbons (Fsp3) is 0.0400. The second kappa shape index (κ2) is 10.2. The maximum absolute atomic E-state index is 12.6. The van der Waals surface area contributed by atoms with Gasteiger partial charge in [-0.25, -0.2) is 21.8 Å². The number of nitrogens with one attached hydrogen (secondary N) is 3. The van der Waals surface area contributed by atoms with Crippen LogP contribution in [0, 0.1) is 6.92 Å². The minimum Gasteiger partial charge on any atom is -0.322 e. The number of aryl methyl sites for hydroxylation is 1. The normalized spacial score (nSPS) is 11.5. The third-order valence-electron chi connectivity index (χ3n) is 5.06. The van der Waals surface area contributed by atoms with Crippen molar-refractivity contribution < 1.29 is 21.6 Å². The first-order chi connectivity index (χ1) is 17.1. The first-order valence-electron chi connectivity index (χ1n) is 10.7. The molecule has 3 N–H and O–H groups in total. The van der Waals surface area contributed by atoms with Gasteiger partial charge in [0.1, 0.15) is 5.82 Å². The molecule has 0 saturated heterocycles. The van der Waals surface area contributed by atoms with Crippen molar-refractivity contribution in [2.75, 3.05) is 14.8 Å². The standard InChI is InChI=1S/C25H22N4O5S2/c1-18-5-13-22(14-6-18)35(31,32)28-21-9-7-19(8-10-21)25(30)27-20-11-15-23(16-12-20)36(33,34)29-24-4-2-3-17-26-24/h2-17,28H,1H3,(H,26,29)(H,27,30). The Morgan fingerprint density at radius 2 is 1.22 bits per heavy atom. The van der Waals surface area contributed by atoms with Crippen LogP contribution in [-0.2, 0) is 20.0 Å². The second-order valence-corrected chi connectivity index (χ2v) is 11.2. The van der Waals surface area contributed by atoms with Crippen LogP contribution in [0.3, 0.4) is 0 Å². The molecule has 36 heavy (non-hydrogen) atoms. The Kier molecular flexibility index (Phi) is 7.04. The molecular formula is C25H22N4O5S2. The lowest BCUT2D eigenvalue weighted by atomic mass is 10.2. The van der Waals surface area contributed by atoms with Crippen molar-refractivity contribution in [3.63, 3.8) is 0 Å². The molecule has 0 fully saturated rings. The lowest BCUT2D eigenvalue weighted by Crippen LogP contribution is -2.15. The van der Waals surface area contributed by atoms with Crippen LogP contribution in [0.25, 0.3) is 0 Å². The van der Waals surface area contributed by atoms with E-state index in [-0.39, 0.29) is 15.6 Å². The van der Waals surface area contributed by atoms with E-state index >= 15 is 0 Å². The number of anilines is 3. The van der Waals surface area contributed by atoms with E-state index in [4.69, 9.17) is 0 Å². The molecule has 0 saturated carbocycles. The van der Waals surface area contributed by atoms with E-state index in [1.807, 2.05) is 6.92 Å². The van der Waals surface area contributed by atoms with Crippen molar-refractivity contribution in [2.45, 2.75) is 16.7 Å². The quantitative estimate of drug-likeness (QED) is 0.317. The zero-order valence-corrected chi connectivity index (χ0v) is 20.7. The van der Waals surface area contributed by atoms with Gasteiger partial charge in [0.05, 0.1) is 9.79 Å². The fourth-order valence-electron chi connectivity index (χ4n) is 3.16. The zero-order chi connectivity index (χ0) is 25.8. The minimum atomic E-state index is -3.83. The molecule has 0 aliphatic carbocycles. The van der Waals surface area contributed by atoms with Gasteiger partial charge in [0.2, 0.25) is 0 Å². The number of rotatable bonds is 8. The average Bonchev–Trinajstić information content (AvgIpc) is 2.85. The van der Waals surface area contributed by atoms with Crippen LogP contribution in [0.5, 0.6) is 0 Å². The molecule has 1 heterocycles. The molecule has 0 aliphatic rings. The summed E-state index contributed by atoms with van der Waals surface area (Å²) in [6.07, 6.45) is 1.47. The Morgan fingerprint density at radius 1 is 0.667 bits per heavy atom. The molecule has 4 rings (SSSR count). The van der Waals surface area contributed by atoms with Gasteiger partial charge in [0.25, 0.3) is 26.0 Å². The Balaban J connectivity index is 1.39. The maximum atomic E-state index is 12.6. The molecule has 0 unspecified atom stereocenters. The molecule has 11 heteroatoms. The summed E-state index contributed by atoms with van der Waals surface area (Å²) in [5.74, 6) is -0.246. The van der Waals surface area contributed by atoms with E-state index in [1.54, 1.807) is 24.3 Å². The Labute approximate surface area is 209 Å². The molecule has 9 nitrogen and oxygen atoms in total. The molecule has 184 valence electrons. The summed E-state index contributed by atoms with van der Waals surface area (Å²) in [5.41, 5.74) is 1.94. The van der Waals surface area contributed by atoms with Crippen molar-refractivity contribution in [3.05, 3.63) is 108 Å². The summed E-state index contributed by atoms with van der Waals surface area (Å²) < 4.78 is 54.9. The minimum absolute atomic E-state index is 0.0105. The van der Waals surface area contributed by atoms with Gasteiger partial charge in [-0.1, -0.05) is 23.8 Å². The fourth-order valence-corrected chi connectivity index (χ4v) is 5.23. The van der Waals surface area contributed by atoms with Crippen molar-refractivity contribution in [2.24, 2.45) is 0 Å². The molecule has 0 bridgehead atoms. The number of carbonyl (C=O) groups is 1. The number of sulfonamides is 2. The SMILES string of the molecule is Cc1ccc(S(=O)(=O)Nc2ccc(C(=O)Nc3ccc(S(=O)(=O)Nc4ccccn4)cc3)cc2)cc1. The van der Waals surface area contributed by atoms with Gasteiger partial charge in [-0.15, -0.1) is 0 Å². The number of nitrogens with zero attached hydrogens (tertiary/aromatic N) is 1. The molecule has 1 amide bonds. The zero-order valence-electron chi connectivity index (χ0n) is 19.0. The third kappa shape index (κ3) is 6.06. The molecule has 0 atom stereocenters. The van der Waals surface area contributed by atoms with Gasteiger partial charge in [-0.3, -0.25) is 14.2 Å². The highest BCUT2D eigenvalue weighted by atomic mass is 32.2.